The second-order valence-electron chi connectivity index (χ2n) is 12.2. The second-order valence-corrected chi connectivity index (χ2v) is 12.2. The summed E-state index contributed by atoms with van der Waals surface area (Å²) in [6.07, 6.45) is 9.94. The van der Waals surface area contributed by atoms with Gasteiger partial charge in [0.2, 0.25) is 0 Å². The number of anilines is 1. The minimum atomic E-state index is -0.609. The maximum atomic E-state index is 16.7. The first-order valence-electron chi connectivity index (χ1n) is 14.5. The van der Waals surface area contributed by atoms with Gasteiger partial charge in [0.1, 0.15) is 29.5 Å². The molecule has 42 heavy (non-hydrogen) atoms. The van der Waals surface area contributed by atoms with Crippen LogP contribution in [0.2, 0.25) is 0 Å². The molecule has 3 aliphatic heterocycles. The van der Waals surface area contributed by atoms with Crippen LogP contribution in [-0.2, 0) is 0 Å². The Labute approximate surface area is 243 Å². The number of nitrogens with zero attached hydrogens (tertiary/aromatic N) is 4. The first kappa shape index (κ1) is 26.9. The molecule has 7 nitrogen and oxygen atoms in total. The lowest BCUT2D eigenvalue weighted by Crippen LogP contribution is -2.51. The molecule has 216 valence electrons. The van der Waals surface area contributed by atoms with Gasteiger partial charge in [0.25, 0.3) is 0 Å². The van der Waals surface area contributed by atoms with Crippen LogP contribution >= 0.6 is 0 Å². The van der Waals surface area contributed by atoms with Crippen molar-refractivity contribution in [3.05, 3.63) is 53.6 Å². The van der Waals surface area contributed by atoms with Gasteiger partial charge in [-0.25, -0.2) is 8.78 Å². The van der Waals surface area contributed by atoms with Crippen molar-refractivity contribution < 1.29 is 18.6 Å². The van der Waals surface area contributed by atoms with E-state index in [-0.39, 0.29) is 33.9 Å². The molecule has 0 unspecified atom stereocenters. The number of aromatic nitrogens is 2. The molecular formula is C33H33F2N5O2. The molecule has 3 aromatic carbocycles. The van der Waals surface area contributed by atoms with Gasteiger partial charge in [0, 0.05) is 41.5 Å². The molecule has 2 N–H and O–H groups in total. The summed E-state index contributed by atoms with van der Waals surface area (Å²) in [5, 5.41) is 15.6. The predicted molar refractivity (Wildman–Crippen MR) is 160 cm³/mol. The van der Waals surface area contributed by atoms with E-state index in [1.807, 2.05) is 0 Å². The van der Waals surface area contributed by atoms with E-state index in [2.05, 4.69) is 40.0 Å². The van der Waals surface area contributed by atoms with E-state index in [4.69, 9.17) is 16.1 Å². The maximum Gasteiger partial charge on any atom is 0.319 e. The number of fused-ring (bicyclic) bond motifs is 4. The maximum absolute atomic E-state index is 16.7. The van der Waals surface area contributed by atoms with Crippen molar-refractivity contribution in [3.8, 4) is 35.2 Å². The van der Waals surface area contributed by atoms with Crippen LogP contribution in [0, 0.1) is 24.0 Å². The van der Waals surface area contributed by atoms with Crippen molar-refractivity contribution in [2.24, 2.45) is 0 Å². The number of piperazine rings is 1. The zero-order chi connectivity index (χ0) is 29.2. The number of rotatable bonds is 5. The highest BCUT2D eigenvalue weighted by molar-refractivity contribution is 6.04. The fourth-order valence-electron chi connectivity index (χ4n) is 6.95. The van der Waals surface area contributed by atoms with E-state index in [0.29, 0.717) is 46.2 Å². The quantitative estimate of drug-likeness (QED) is 0.320. The van der Waals surface area contributed by atoms with Gasteiger partial charge >= 0.3 is 6.01 Å². The molecule has 7 rings (SSSR count). The van der Waals surface area contributed by atoms with Crippen molar-refractivity contribution in [1.29, 1.82) is 0 Å². The van der Waals surface area contributed by atoms with Crippen LogP contribution < -0.4 is 15.0 Å². The Morgan fingerprint density at radius 3 is 2.62 bits per heavy atom. The highest BCUT2D eigenvalue weighted by Crippen LogP contribution is 2.40. The fraction of sp³-hybridized carbons (Fsp3) is 0.394. The number of hydrogen-bond donors (Lipinski definition) is 2. The average Bonchev–Trinajstić information content (AvgIpc) is 3.50. The number of nitrogens with one attached hydrogen (secondary N) is 1. The third kappa shape index (κ3) is 4.41. The Hall–Kier alpha value is -4.00. The van der Waals surface area contributed by atoms with Crippen molar-refractivity contribution in [2.75, 3.05) is 38.2 Å². The largest absolute Gasteiger partial charge is 0.508 e. The lowest BCUT2D eigenvalue weighted by atomic mass is 9.93. The standard InChI is InChI=1S/C33H33F2N5O2/c1-4-23-27(34)11-6-19-14-22(41)15-26(28(19)23)24-9-10-25-30(29(24)35)37-32(42-18-33(2)12-5-13-39(33)3)38-31(25)40-16-20-7-8-21(17-40)36-20/h1,6,9-11,14-15,20-21,36,41H,5,7-8,12-13,16-18H2,2-3H3/t20-,21+,33-/m1/s1. The van der Waals surface area contributed by atoms with Crippen LogP contribution in [0.4, 0.5) is 14.6 Å². The van der Waals surface area contributed by atoms with Gasteiger partial charge in [0.05, 0.1) is 11.1 Å². The number of hydrogen-bond acceptors (Lipinski definition) is 7. The Morgan fingerprint density at radius 1 is 1.12 bits per heavy atom. The normalized spacial score (nSPS) is 24.0. The molecule has 4 heterocycles. The monoisotopic (exact) mass is 569 g/mol. The third-order valence-corrected chi connectivity index (χ3v) is 9.41. The van der Waals surface area contributed by atoms with Crippen molar-refractivity contribution in [3.63, 3.8) is 0 Å². The minimum Gasteiger partial charge on any atom is -0.508 e. The number of likely N-dealkylation sites (N-methyl/N-ethyl adjacent to an activating group) is 1. The summed E-state index contributed by atoms with van der Waals surface area (Å²) in [6.45, 7) is 5.04. The zero-order valence-electron chi connectivity index (χ0n) is 23.8. The summed E-state index contributed by atoms with van der Waals surface area (Å²) in [4.78, 5) is 13.9. The summed E-state index contributed by atoms with van der Waals surface area (Å²) in [5.74, 6) is 1.77. The molecule has 0 radical (unpaired) electrons. The molecule has 2 bridgehead atoms. The molecule has 3 fully saturated rings. The van der Waals surface area contributed by atoms with Crippen LogP contribution in [-0.4, -0.2) is 70.9 Å². The first-order valence-corrected chi connectivity index (χ1v) is 14.5. The zero-order valence-corrected chi connectivity index (χ0v) is 23.8. The summed E-state index contributed by atoms with van der Waals surface area (Å²) >= 11 is 0. The summed E-state index contributed by atoms with van der Waals surface area (Å²) in [7, 11) is 2.08. The molecule has 0 amide bonds. The predicted octanol–water partition coefficient (Wildman–Crippen LogP) is 5.22. The van der Waals surface area contributed by atoms with Crippen LogP contribution in [0.1, 0.15) is 38.2 Å². The van der Waals surface area contributed by atoms with Gasteiger partial charge in [-0.3, -0.25) is 4.90 Å². The molecule has 3 saturated heterocycles. The lowest BCUT2D eigenvalue weighted by molar-refractivity contribution is 0.108. The van der Waals surface area contributed by atoms with Crippen molar-refractivity contribution >= 4 is 27.5 Å². The van der Waals surface area contributed by atoms with Gasteiger partial charge in [-0.15, -0.1) is 6.42 Å². The van der Waals surface area contributed by atoms with Crippen LogP contribution in [0.3, 0.4) is 0 Å². The van der Waals surface area contributed by atoms with Crippen LogP contribution in [0.15, 0.2) is 36.4 Å². The van der Waals surface area contributed by atoms with Gasteiger partial charge in [0.15, 0.2) is 5.82 Å². The van der Waals surface area contributed by atoms with Crippen LogP contribution in [0.25, 0.3) is 32.8 Å². The number of ether oxygens (including phenoxy) is 1. The van der Waals surface area contributed by atoms with Gasteiger partial charge in [-0.2, -0.15) is 9.97 Å². The topological polar surface area (TPSA) is 73.8 Å². The lowest BCUT2D eigenvalue weighted by Gasteiger charge is -2.34. The molecule has 3 aliphatic rings. The molecule has 9 heteroatoms. The Balaban J connectivity index is 1.40. The summed E-state index contributed by atoms with van der Waals surface area (Å²) in [5.41, 5.74) is 0.408. The number of phenolic OH excluding ortho intramolecular Hbond substituents is 1. The molecule has 0 spiro atoms. The smallest absolute Gasteiger partial charge is 0.319 e. The van der Waals surface area contributed by atoms with Crippen molar-refractivity contribution in [1.82, 2.24) is 20.2 Å². The van der Waals surface area contributed by atoms with E-state index in [0.717, 1.165) is 45.3 Å². The number of halogens is 2. The summed E-state index contributed by atoms with van der Waals surface area (Å²) in [6, 6.07) is 9.94. The number of phenols is 1. The van der Waals surface area contributed by atoms with Gasteiger partial charge < -0.3 is 20.1 Å². The average molecular weight is 570 g/mol. The highest BCUT2D eigenvalue weighted by atomic mass is 19.1. The number of terminal acetylenes is 1. The van der Waals surface area contributed by atoms with Gasteiger partial charge in [-0.1, -0.05) is 18.1 Å². The molecule has 3 atom stereocenters. The van der Waals surface area contributed by atoms with E-state index >= 15 is 4.39 Å². The number of aromatic hydroxyl groups is 1. The second kappa shape index (κ2) is 10.1. The molecule has 0 saturated carbocycles. The number of likely N-dealkylation sites (tertiary alicyclic amines) is 1. The molecule has 4 aromatic rings. The summed E-state index contributed by atoms with van der Waals surface area (Å²) < 4.78 is 37.7. The van der Waals surface area contributed by atoms with Crippen molar-refractivity contribution in [2.45, 2.75) is 50.2 Å². The first-order chi connectivity index (χ1) is 20.2. The van der Waals surface area contributed by atoms with E-state index in [1.165, 1.54) is 24.3 Å². The minimum absolute atomic E-state index is 0.0135. The van der Waals surface area contributed by atoms with E-state index in [1.54, 1.807) is 12.1 Å². The fourth-order valence-corrected chi connectivity index (χ4v) is 6.95. The molecule has 0 aliphatic carbocycles. The van der Waals surface area contributed by atoms with E-state index in [9.17, 15) is 9.50 Å². The Kier molecular flexibility index (Phi) is 6.44. The number of benzene rings is 3. The highest BCUT2D eigenvalue weighted by Gasteiger charge is 2.36. The third-order valence-electron chi connectivity index (χ3n) is 9.41. The molecular weight excluding hydrogens is 536 g/mol. The van der Waals surface area contributed by atoms with Gasteiger partial charge in [-0.05, 0) is 81.4 Å². The Bertz CT molecular complexity index is 1760. The Morgan fingerprint density at radius 2 is 1.90 bits per heavy atom. The molecule has 1 aromatic heterocycles. The van der Waals surface area contributed by atoms with E-state index < -0.39 is 11.6 Å². The SMILES string of the molecule is C#Cc1c(F)ccc2cc(O)cc(-c3ccc4c(N5C[C@H]6CC[C@@H](C5)N6)nc(OC[C@@]5(C)CCCN5C)nc4c3F)c12. The van der Waals surface area contributed by atoms with Crippen LogP contribution in [0.5, 0.6) is 11.8 Å².